The average Bonchev–Trinajstić information content (AvgIpc) is 2.49. The van der Waals surface area contributed by atoms with Crippen LogP contribution in [0.25, 0.3) is 0 Å². The fourth-order valence-corrected chi connectivity index (χ4v) is 5.40. The van der Waals surface area contributed by atoms with Gasteiger partial charge in [-0.2, -0.15) is 0 Å². The zero-order valence-electron chi connectivity index (χ0n) is 10.9. The number of nitrogens with one attached hydrogen (secondary N) is 1. The summed E-state index contributed by atoms with van der Waals surface area (Å²) in [4.78, 5) is 12.3. The van der Waals surface area contributed by atoms with E-state index in [1.807, 2.05) is 54.6 Å². The van der Waals surface area contributed by atoms with Crippen molar-refractivity contribution in [2.75, 3.05) is 17.6 Å². The van der Waals surface area contributed by atoms with Gasteiger partial charge < -0.3 is 0 Å². The summed E-state index contributed by atoms with van der Waals surface area (Å²) in [5.41, 5.74) is 7.07. The summed E-state index contributed by atoms with van der Waals surface area (Å²) in [6.45, 7) is 0.671. The first-order chi connectivity index (χ1) is 9.81. The minimum absolute atomic E-state index is 0.0537. The Morgan fingerprint density at radius 2 is 1.80 bits per heavy atom. The summed E-state index contributed by atoms with van der Waals surface area (Å²) < 4.78 is 1.10. The third-order valence-corrected chi connectivity index (χ3v) is 6.88. The molecule has 20 heavy (non-hydrogen) atoms. The molecule has 0 aromatic heterocycles. The van der Waals surface area contributed by atoms with Gasteiger partial charge in [0.15, 0.2) is 0 Å². The molecule has 0 saturated heterocycles. The first-order valence-electron chi connectivity index (χ1n) is 6.26. The van der Waals surface area contributed by atoms with Crippen LogP contribution in [0.2, 0.25) is 0 Å². The topological polar surface area (TPSA) is 55.1 Å². The van der Waals surface area contributed by atoms with Gasteiger partial charge >= 0.3 is 128 Å². The molecule has 0 radical (unpaired) electrons. The molecule has 0 fully saturated rings. The van der Waals surface area contributed by atoms with Gasteiger partial charge in [0.05, 0.1) is 0 Å². The van der Waals surface area contributed by atoms with Gasteiger partial charge in [-0.3, -0.25) is 0 Å². The number of amides is 1. The molecule has 0 atom stereocenters. The van der Waals surface area contributed by atoms with E-state index in [4.69, 9.17) is 5.73 Å². The number of anilines is 1. The van der Waals surface area contributed by atoms with Crippen LogP contribution in [0, 0.1) is 0 Å². The third-order valence-electron chi connectivity index (χ3n) is 2.51. The molecule has 0 aliphatic rings. The molecular formula is C15H16N2OSSe. The Hall–Kier alpha value is -1.26. The predicted octanol–water partition coefficient (Wildman–Crippen LogP) is 1.88. The van der Waals surface area contributed by atoms with Crippen molar-refractivity contribution in [3.05, 3.63) is 60.2 Å². The summed E-state index contributed by atoms with van der Waals surface area (Å²) in [6, 6.07) is 17.3. The summed E-state index contributed by atoms with van der Waals surface area (Å²) in [6.07, 6.45) is 0. The Labute approximate surface area is 128 Å². The van der Waals surface area contributed by atoms with E-state index in [1.165, 1.54) is 0 Å². The fourth-order valence-electron chi connectivity index (χ4n) is 1.60. The Bertz CT molecular complexity index is 563. The number of hydrogen-bond donors (Lipinski definition) is 2. The number of nitrogens with two attached hydrogens (primary N) is 1. The molecule has 104 valence electrons. The van der Waals surface area contributed by atoms with Crippen LogP contribution in [0.1, 0.15) is 10.4 Å². The maximum atomic E-state index is 12.3. The number of carbonyl (C=O) groups excluding carboxylic acids is 1. The zero-order chi connectivity index (χ0) is 14.2. The first kappa shape index (κ1) is 15.1. The summed E-state index contributed by atoms with van der Waals surface area (Å²) in [5.74, 6) is 0.872. The summed E-state index contributed by atoms with van der Waals surface area (Å²) >= 11 is 0.212. The third kappa shape index (κ3) is 4.39. The van der Waals surface area contributed by atoms with Crippen molar-refractivity contribution in [1.29, 1.82) is 0 Å². The molecular weight excluding hydrogens is 335 g/mol. The molecule has 5 heteroatoms. The molecule has 0 saturated carbocycles. The van der Waals surface area contributed by atoms with Gasteiger partial charge in [0.1, 0.15) is 0 Å². The van der Waals surface area contributed by atoms with Gasteiger partial charge in [0.25, 0.3) is 0 Å². The van der Waals surface area contributed by atoms with Gasteiger partial charge in [0, 0.05) is 0 Å². The van der Waals surface area contributed by atoms with Gasteiger partial charge in [0.2, 0.25) is 0 Å². The molecule has 2 rings (SSSR count). The van der Waals surface area contributed by atoms with Gasteiger partial charge in [-0.25, -0.2) is 0 Å². The van der Waals surface area contributed by atoms with Gasteiger partial charge in [-0.1, -0.05) is 0 Å². The van der Waals surface area contributed by atoms with E-state index >= 15 is 0 Å². The van der Waals surface area contributed by atoms with Crippen molar-refractivity contribution in [3.63, 3.8) is 0 Å². The van der Waals surface area contributed by atoms with E-state index in [0.29, 0.717) is 6.54 Å². The monoisotopic (exact) mass is 352 g/mol. The van der Waals surface area contributed by atoms with Crippen molar-refractivity contribution in [2.24, 2.45) is 5.73 Å². The molecule has 0 aliphatic heterocycles. The van der Waals surface area contributed by atoms with E-state index in [1.54, 1.807) is 10.2 Å². The van der Waals surface area contributed by atoms with E-state index in [9.17, 15) is 4.79 Å². The Morgan fingerprint density at radius 1 is 1.10 bits per heavy atom. The zero-order valence-corrected chi connectivity index (χ0v) is 13.4. The van der Waals surface area contributed by atoms with E-state index in [0.717, 1.165) is 21.5 Å². The van der Waals surface area contributed by atoms with Crippen molar-refractivity contribution in [3.8, 4) is 0 Å². The molecule has 2 aromatic rings. The molecule has 0 unspecified atom stereocenters. The SMILES string of the molecule is NCCS[Se]c1ccccc1C(=O)Nc1ccccc1. The molecule has 0 spiro atoms. The molecule has 0 aliphatic carbocycles. The number of para-hydroxylation sites is 1. The van der Waals surface area contributed by atoms with Gasteiger partial charge in [-0.15, -0.1) is 0 Å². The second-order valence-electron chi connectivity index (χ2n) is 4.01. The van der Waals surface area contributed by atoms with Crippen LogP contribution >= 0.6 is 10.2 Å². The number of carbonyl (C=O) groups is 1. The standard InChI is InChI=1S/C15H16N2OSSe/c16-10-11-19-20-14-9-5-4-8-13(14)15(18)17-12-6-2-1-3-7-12/h1-9H,10-11,16H2,(H,17,18). The maximum absolute atomic E-state index is 12.3. The van der Waals surface area contributed by atoms with Crippen molar-refractivity contribution >= 4 is 40.1 Å². The first-order valence-corrected chi connectivity index (χ1v) is 10.1. The van der Waals surface area contributed by atoms with E-state index in [-0.39, 0.29) is 19.7 Å². The predicted molar refractivity (Wildman–Crippen MR) is 87.7 cm³/mol. The second-order valence-corrected chi connectivity index (χ2v) is 8.28. The van der Waals surface area contributed by atoms with Crippen LogP contribution in [-0.4, -0.2) is 32.0 Å². The van der Waals surface area contributed by atoms with Crippen molar-refractivity contribution in [2.45, 2.75) is 0 Å². The average molecular weight is 351 g/mol. The Morgan fingerprint density at radius 3 is 2.55 bits per heavy atom. The van der Waals surface area contributed by atoms with Crippen LogP contribution in [-0.2, 0) is 0 Å². The molecule has 0 bridgehead atoms. The van der Waals surface area contributed by atoms with Crippen LogP contribution in [0.15, 0.2) is 54.6 Å². The van der Waals surface area contributed by atoms with Crippen LogP contribution in [0.5, 0.6) is 0 Å². The molecule has 3 nitrogen and oxygen atoms in total. The van der Waals surface area contributed by atoms with E-state index < -0.39 is 0 Å². The minimum atomic E-state index is -0.0537. The molecule has 1 amide bonds. The fraction of sp³-hybridized carbons (Fsp3) is 0.133. The molecule has 0 heterocycles. The number of benzene rings is 2. The van der Waals surface area contributed by atoms with Crippen LogP contribution in [0.4, 0.5) is 5.69 Å². The molecule has 3 N–H and O–H groups in total. The molecule has 2 aromatic carbocycles. The van der Waals surface area contributed by atoms with E-state index in [2.05, 4.69) is 5.32 Å². The number of rotatable bonds is 6. The van der Waals surface area contributed by atoms with Crippen LogP contribution < -0.4 is 15.5 Å². The van der Waals surface area contributed by atoms with Crippen molar-refractivity contribution < 1.29 is 4.79 Å². The van der Waals surface area contributed by atoms with Crippen LogP contribution in [0.3, 0.4) is 0 Å². The summed E-state index contributed by atoms with van der Waals surface area (Å²) in [5, 5.41) is 2.93. The Balaban J connectivity index is 2.09. The normalized spacial score (nSPS) is 10.2. The van der Waals surface area contributed by atoms with Crippen molar-refractivity contribution in [1.82, 2.24) is 0 Å². The van der Waals surface area contributed by atoms with Gasteiger partial charge in [-0.05, 0) is 0 Å². The quantitative estimate of drug-likeness (QED) is 0.617. The summed E-state index contributed by atoms with van der Waals surface area (Å²) in [7, 11) is 1.80. The number of hydrogen-bond acceptors (Lipinski definition) is 3. The second kappa shape index (κ2) is 8.12. The Kier molecular flexibility index (Phi) is 6.15.